The molecular weight excluding hydrogens is 334 g/mol. The van der Waals surface area contributed by atoms with E-state index in [0.717, 1.165) is 17.7 Å². The lowest BCUT2D eigenvalue weighted by Crippen LogP contribution is -2.46. The molecule has 0 saturated heterocycles. The number of hydrogen-bond donors (Lipinski definition) is 1. The van der Waals surface area contributed by atoms with Gasteiger partial charge in [-0.05, 0) is 35.3 Å². The first-order chi connectivity index (χ1) is 12.4. The summed E-state index contributed by atoms with van der Waals surface area (Å²) in [5, 5.41) is 0. The van der Waals surface area contributed by atoms with Crippen molar-refractivity contribution in [1.82, 2.24) is 4.90 Å². The van der Waals surface area contributed by atoms with E-state index in [4.69, 9.17) is 5.73 Å². The van der Waals surface area contributed by atoms with Crippen molar-refractivity contribution in [3.05, 3.63) is 77.4 Å². The van der Waals surface area contributed by atoms with Crippen molar-refractivity contribution >= 4 is 11.5 Å². The Bertz CT molecular complexity index is 833. The van der Waals surface area contributed by atoms with Crippen LogP contribution >= 0.6 is 0 Å². The summed E-state index contributed by atoms with van der Waals surface area (Å²) in [6.07, 6.45) is 1.82. The van der Waals surface area contributed by atoms with Crippen molar-refractivity contribution in [3.63, 3.8) is 0 Å². The number of nitrogens with two attached hydrogens (primary N) is 1. The number of carbonyl (C=O) groups excluding carboxylic acids is 1. The van der Waals surface area contributed by atoms with Crippen LogP contribution in [0.4, 0.5) is 8.78 Å². The van der Waals surface area contributed by atoms with E-state index in [1.807, 2.05) is 50.3 Å². The van der Waals surface area contributed by atoms with Crippen molar-refractivity contribution in [2.45, 2.75) is 25.9 Å². The molecule has 0 bridgehead atoms. The second-order valence-electron chi connectivity index (χ2n) is 6.91. The lowest BCUT2D eigenvalue weighted by molar-refractivity contribution is -0.134. The van der Waals surface area contributed by atoms with Gasteiger partial charge in [-0.2, -0.15) is 0 Å². The minimum Gasteiger partial charge on any atom is -0.326 e. The molecule has 2 aromatic carbocycles. The van der Waals surface area contributed by atoms with E-state index in [2.05, 4.69) is 0 Å². The summed E-state index contributed by atoms with van der Waals surface area (Å²) in [5.41, 5.74) is 7.74. The quantitative estimate of drug-likeness (QED) is 0.903. The van der Waals surface area contributed by atoms with Gasteiger partial charge in [0.2, 0.25) is 5.91 Å². The molecule has 3 nitrogen and oxygen atoms in total. The van der Waals surface area contributed by atoms with E-state index in [0.29, 0.717) is 5.57 Å². The van der Waals surface area contributed by atoms with Crippen LogP contribution in [0.1, 0.15) is 31.0 Å². The molecule has 2 N–H and O–H groups in total. The maximum absolute atomic E-state index is 14.2. The molecule has 1 amide bonds. The van der Waals surface area contributed by atoms with Gasteiger partial charge in [0.1, 0.15) is 11.6 Å². The molecule has 1 aliphatic heterocycles. The summed E-state index contributed by atoms with van der Waals surface area (Å²) in [6.45, 7) is 3.96. The Kier molecular flexibility index (Phi) is 5.18. The predicted molar refractivity (Wildman–Crippen MR) is 98.0 cm³/mol. The molecule has 0 saturated carbocycles. The molecule has 1 aliphatic rings. The summed E-state index contributed by atoms with van der Waals surface area (Å²) in [6, 6.07) is 11.8. The summed E-state index contributed by atoms with van der Waals surface area (Å²) < 4.78 is 27.8. The number of nitrogens with zero attached hydrogens (tertiary/aromatic N) is 1. The highest BCUT2D eigenvalue weighted by Gasteiger charge is 2.34. The maximum atomic E-state index is 14.2. The molecule has 2 aromatic rings. The monoisotopic (exact) mass is 356 g/mol. The average Bonchev–Trinajstić information content (AvgIpc) is 3.08. The van der Waals surface area contributed by atoms with Gasteiger partial charge in [-0.1, -0.05) is 50.3 Å². The summed E-state index contributed by atoms with van der Waals surface area (Å²) in [5.74, 6) is -1.24. The van der Waals surface area contributed by atoms with E-state index in [9.17, 15) is 13.6 Å². The molecule has 1 heterocycles. The number of rotatable bonds is 4. The van der Waals surface area contributed by atoms with Gasteiger partial charge in [0.25, 0.3) is 0 Å². The van der Waals surface area contributed by atoms with E-state index < -0.39 is 17.7 Å². The average molecular weight is 356 g/mol. The van der Waals surface area contributed by atoms with Crippen LogP contribution in [0.15, 0.2) is 54.6 Å². The normalized spacial score (nSPS) is 18.2. The van der Waals surface area contributed by atoms with Crippen LogP contribution in [-0.4, -0.2) is 23.4 Å². The molecule has 2 atom stereocenters. The van der Waals surface area contributed by atoms with Gasteiger partial charge in [0, 0.05) is 12.1 Å². The number of amides is 1. The minimum atomic E-state index is -0.647. The lowest BCUT2D eigenvalue weighted by atomic mass is 10.0. The molecule has 0 fully saturated rings. The molecule has 0 radical (unpaired) electrons. The summed E-state index contributed by atoms with van der Waals surface area (Å²) in [4.78, 5) is 14.5. The SMILES string of the molecule is CC(C)[C@H](N)C(=O)N1CC(c2cc(F)ccc2F)=CC1c1ccccc1. The van der Waals surface area contributed by atoms with Gasteiger partial charge in [0.05, 0.1) is 12.1 Å². The van der Waals surface area contributed by atoms with Gasteiger partial charge >= 0.3 is 0 Å². The highest BCUT2D eigenvalue weighted by atomic mass is 19.1. The fourth-order valence-electron chi connectivity index (χ4n) is 3.15. The van der Waals surface area contributed by atoms with E-state index in [1.54, 1.807) is 4.90 Å². The van der Waals surface area contributed by atoms with Crippen molar-refractivity contribution in [3.8, 4) is 0 Å². The zero-order valence-electron chi connectivity index (χ0n) is 14.8. The van der Waals surface area contributed by atoms with Crippen molar-refractivity contribution in [2.24, 2.45) is 11.7 Å². The zero-order valence-corrected chi connectivity index (χ0v) is 14.8. The van der Waals surface area contributed by atoms with Gasteiger partial charge < -0.3 is 10.6 Å². The summed E-state index contributed by atoms with van der Waals surface area (Å²) >= 11 is 0. The van der Waals surface area contributed by atoms with Crippen LogP contribution in [0.2, 0.25) is 0 Å². The first-order valence-corrected chi connectivity index (χ1v) is 8.65. The van der Waals surface area contributed by atoms with Crippen LogP contribution in [-0.2, 0) is 4.79 Å². The Balaban J connectivity index is 2.01. The van der Waals surface area contributed by atoms with E-state index in [-0.39, 0.29) is 30.0 Å². The Labute approximate surface area is 152 Å². The van der Waals surface area contributed by atoms with Crippen LogP contribution in [0.5, 0.6) is 0 Å². The molecular formula is C21H22F2N2O. The highest BCUT2D eigenvalue weighted by Crippen LogP contribution is 2.36. The van der Waals surface area contributed by atoms with E-state index >= 15 is 0 Å². The smallest absolute Gasteiger partial charge is 0.240 e. The van der Waals surface area contributed by atoms with Gasteiger partial charge in [-0.15, -0.1) is 0 Å². The number of halogens is 2. The zero-order chi connectivity index (χ0) is 18.8. The third-order valence-corrected chi connectivity index (χ3v) is 4.74. The van der Waals surface area contributed by atoms with Crippen molar-refractivity contribution in [2.75, 3.05) is 6.54 Å². The molecule has 0 spiro atoms. The second kappa shape index (κ2) is 7.38. The van der Waals surface area contributed by atoms with Gasteiger partial charge in [-0.25, -0.2) is 8.78 Å². The van der Waals surface area contributed by atoms with Crippen LogP contribution in [0.25, 0.3) is 5.57 Å². The van der Waals surface area contributed by atoms with Crippen molar-refractivity contribution < 1.29 is 13.6 Å². The third kappa shape index (κ3) is 3.53. The van der Waals surface area contributed by atoms with Crippen molar-refractivity contribution in [1.29, 1.82) is 0 Å². The number of carbonyl (C=O) groups is 1. The first-order valence-electron chi connectivity index (χ1n) is 8.65. The van der Waals surface area contributed by atoms with Crippen LogP contribution in [0.3, 0.4) is 0 Å². The highest BCUT2D eigenvalue weighted by molar-refractivity contribution is 5.87. The predicted octanol–water partition coefficient (Wildman–Crippen LogP) is 3.92. The Morgan fingerprint density at radius 1 is 1.15 bits per heavy atom. The topological polar surface area (TPSA) is 46.3 Å². The molecule has 136 valence electrons. The lowest BCUT2D eigenvalue weighted by Gasteiger charge is -2.29. The van der Waals surface area contributed by atoms with Gasteiger partial charge in [0.15, 0.2) is 0 Å². The maximum Gasteiger partial charge on any atom is 0.240 e. The van der Waals surface area contributed by atoms with Crippen LogP contribution in [0, 0.1) is 17.6 Å². The van der Waals surface area contributed by atoms with E-state index in [1.165, 1.54) is 6.07 Å². The largest absolute Gasteiger partial charge is 0.326 e. The molecule has 3 rings (SSSR count). The Hall–Kier alpha value is -2.53. The Morgan fingerprint density at radius 2 is 1.85 bits per heavy atom. The molecule has 0 aromatic heterocycles. The fraction of sp³-hybridized carbons (Fsp3) is 0.286. The molecule has 26 heavy (non-hydrogen) atoms. The number of benzene rings is 2. The number of hydrogen-bond acceptors (Lipinski definition) is 2. The molecule has 0 aliphatic carbocycles. The standard InChI is InChI=1S/C21H22F2N2O/c1-13(2)20(24)21(26)25-12-15(17-11-16(22)8-9-18(17)23)10-19(25)14-6-4-3-5-7-14/h3-11,13,19-20H,12,24H2,1-2H3/t19?,20-/m0/s1. The van der Waals surface area contributed by atoms with Crippen LogP contribution < -0.4 is 5.73 Å². The third-order valence-electron chi connectivity index (χ3n) is 4.74. The molecule has 5 heteroatoms. The summed E-state index contributed by atoms with van der Waals surface area (Å²) in [7, 11) is 0. The minimum absolute atomic E-state index is 0.0196. The van der Waals surface area contributed by atoms with Gasteiger partial charge in [-0.3, -0.25) is 4.79 Å². The fourth-order valence-corrected chi connectivity index (χ4v) is 3.15. The molecule has 1 unspecified atom stereocenters. The Morgan fingerprint density at radius 3 is 2.50 bits per heavy atom. The second-order valence-corrected chi connectivity index (χ2v) is 6.91. The first kappa shape index (κ1) is 18.3.